The third kappa shape index (κ3) is 4.70. The van der Waals surface area contributed by atoms with Crippen LogP contribution < -0.4 is 10.1 Å². The first-order valence-corrected chi connectivity index (χ1v) is 10.5. The van der Waals surface area contributed by atoms with Gasteiger partial charge in [-0.05, 0) is 54.2 Å². The maximum atomic E-state index is 14.5. The molecule has 0 fully saturated rings. The van der Waals surface area contributed by atoms with Crippen LogP contribution in [0.25, 0.3) is 10.8 Å². The summed E-state index contributed by atoms with van der Waals surface area (Å²) in [4.78, 5) is 16.0. The highest BCUT2D eigenvalue weighted by Crippen LogP contribution is 2.35. The summed E-state index contributed by atoms with van der Waals surface area (Å²) < 4.78 is 20.0. The van der Waals surface area contributed by atoms with Crippen molar-refractivity contribution in [2.45, 2.75) is 26.4 Å². The summed E-state index contributed by atoms with van der Waals surface area (Å²) in [6, 6.07) is 19.6. The van der Waals surface area contributed by atoms with Crippen molar-refractivity contribution in [3.63, 3.8) is 0 Å². The topological polar surface area (TPSA) is 63.6 Å². The summed E-state index contributed by atoms with van der Waals surface area (Å²) in [5.41, 5.74) is 2.36. The van der Waals surface area contributed by atoms with Crippen LogP contribution in [0.2, 0.25) is 5.02 Å². The summed E-state index contributed by atoms with van der Waals surface area (Å²) in [6.07, 6.45) is 0.390. The van der Waals surface area contributed by atoms with Crippen LogP contribution in [0.5, 0.6) is 5.75 Å². The lowest BCUT2D eigenvalue weighted by Gasteiger charge is -2.16. The lowest BCUT2D eigenvalue weighted by molar-refractivity contribution is 0.231. The van der Waals surface area contributed by atoms with Gasteiger partial charge >= 0.3 is 0 Å². The Morgan fingerprint density at radius 2 is 1.78 bits per heavy atom. The van der Waals surface area contributed by atoms with E-state index in [2.05, 4.69) is 15.5 Å². The Hall–Kier alpha value is -3.51. The molecule has 4 rings (SSSR count). The molecule has 0 unspecified atom stereocenters. The van der Waals surface area contributed by atoms with Gasteiger partial charge in [0.25, 0.3) is 0 Å². The van der Waals surface area contributed by atoms with Crippen LogP contribution in [0.3, 0.4) is 0 Å². The lowest BCUT2D eigenvalue weighted by atomic mass is 9.99. The standard InChI is InChI=1S/C25H21ClFN3O2/c1-15(2)32-23-12-11-18(14-22(23)27)28-24-21(13-16-7-9-17(26)10-8-16)19-5-3-4-6-20(19)25(29-24)30-31/h3-12,14-15H,13H2,1-2H3,(H,28,29). The summed E-state index contributed by atoms with van der Waals surface area (Å²) in [5, 5.41) is 8.42. The first-order valence-electron chi connectivity index (χ1n) is 10.2. The van der Waals surface area contributed by atoms with E-state index in [-0.39, 0.29) is 17.7 Å². The molecule has 1 heterocycles. The van der Waals surface area contributed by atoms with Gasteiger partial charge in [-0.1, -0.05) is 48.0 Å². The average Bonchev–Trinajstić information content (AvgIpc) is 2.78. The summed E-state index contributed by atoms with van der Waals surface area (Å²) in [5.74, 6) is 0.194. The predicted octanol–water partition coefficient (Wildman–Crippen LogP) is 7.55. The van der Waals surface area contributed by atoms with Crippen LogP contribution in [0.4, 0.5) is 21.7 Å². The van der Waals surface area contributed by atoms with Crippen molar-refractivity contribution in [1.82, 2.24) is 4.98 Å². The molecule has 5 nitrogen and oxygen atoms in total. The van der Waals surface area contributed by atoms with E-state index in [9.17, 15) is 9.30 Å². The monoisotopic (exact) mass is 449 g/mol. The summed E-state index contributed by atoms with van der Waals surface area (Å²) in [7, 11) is 0. The number of hydrogen-bond donors (Lipinski definition) is 1. The summed E-state index contributed by atoms with van der Waals surface area (Å²) >= 11 is 6.03. The minimum Gasteiger partial charge on any atom is -0.488 e. The van der Waals surface area contributed by atoms with E-state index >= 15 is 0 Å². The number of fused-ring (bicyclic) bond motifs is 1. The molecule has 0 radical (unpaired) electrons. The van der Waals surface area contributed by atoms with Gasteiger partial charge in [0.15, 0.2) is 11.6 Å². The number of aromatic nitrogens is 1. The number of nitrogens with one attached hydrogen (secondary N) is 1. The minimum absolute atomic E-state index is 0.0724. The Labute approximate surface area is 190 Å². The van der Waals surface area contributed by atoms with Crippen molar-refractivity contribution in [2.75, 3.05) is 5.32 Å². The first-order chi connectivity index (χ1) is 15.4. The van der Waals surface area contributed by atoms with Crippen LogP contribution in [-0.4, -0.2) is 11.1 Å². The lowest BCUT2D eigenvalue weighted by Crippen LogP contribution is -2.07. The molecular weight excluding hydrogens is 429 g/mol. The van der Waals surface area contributed by atoms with Crippen LogP contribution in [0.1, 0.15) is 25.0 Å². The Kier molecular flexibility index (Phi) is 6.32. The van der Waals surface area contributed by atoms with E-state index < -0.39 is 5.82 Å². The van der Waals surface area contributed by atoms with Gasteiger partial charge in [0.2, 0.25) is 5.82 Å². The second-order valence-corrected chi connectivity index (χ2v) is 8.08. The van der Waals surface area contributed by atoms with Crippen LogP contribution in [-0.2, 0) is 6.42 Å². The van der Waals surface area contributed by atoms with Crippen molar-refractivity contribution >= 4 is 39.7 Å². The van der Waals surface area contributed by atoms with Crippen LogP contribution >= 0.6 is 11.6 Å². The minimum atomic E-state index is -0.488. The molecule has 3 aromatic carbocycles. The van der Waals surface area contributed by atoms with E-state index in [1.54, 1.807) is 12.1 Å². The average molecular weight is 450 g/mol. The SMILES string of the molecule is CC(C)Oc1ccc(Nc2nc(N=O)c3ccccc3c2Cc2ccc(Cl)cc2)cc1F. The van der Waals surface area contributed by atoms with Gasteiger partial charge in [-0.15, -0.1) is 4.91 Å². The van der Waals surface area contributed by atoms with E-state index in [0.29, 0.717) is 28.3 Å². The molecule has 0 spiro atoms. The molecule has 0 aliphatic carbocycles. The number of nitroso groups, excluding NO2 is 1. The quantitative estimate of drug-likeness (QED) is 0.296. The zero-order valence-corrected chi connectivity index (χ0v) is 18.4. The van der Waals surface area contributed by atoms with Crippen LogP contribution in [0, 0.1) is 10.7 Å². The molecule has 32 heavy (non-hydrogen) atoms. The molecule has 0 aliphatic rings. The largest absolute Gasteiger partial charge is 0.488 e. The summed E-state index contributed by atoms with van der Waals surface area (Å²) in [6.45, 7) is 3.67. The number of benzene rings is 3. The number of ether oxygens (including phenoxy) is 1. The third-order valence-corrected chi connectivity index (χ3v) is 5.19. The molecule has 4 aromatic rings. The van der Waals surface area contributed by atoms with Gasteiger partial charge in [-0.3, -0.25) is 0 Å². The molecular formula is C25H21ClFN3O2. The fraction of sp³-hybridized carbons (Fsp3) is 0.160. The van der Waals surface area contributed by atoms with Gasteiger partial charge in [-0.2, -0.15) is 0 Å². The number of rotatable bonds is 7. The third-order valence-electron chi connectivity index (χ3n) is 4.93. The van der Waals surface area contributed by atoms with Gasteiger partial charge in [0, 0.05) is 34.1 Å². The number of halogens is 2. The van der Waals surface area contributed by atoms with Crippen molar-refractivity contribution in [1.29, 1.82) is 0 Å². The molecule has 7 heteroatoms. The molecule has 0 bridgehead atoms. The van der Waals surface area contributed by atoms with E-state index in [4.69, 9.17) is 16.3 Å². The van der Waals surface area contributed by atoms with Crippen molar-refractivity contribution < 1.29 is 9.13 Å². The van der Waals surface area contributed by atoms with Crippen molar-refractivity contribution in [3.8, 4) is 5.75 Å². The van der Waals surface area contributed by atoms with Gasteiger partial charge in [0.1, 0.15) is 5.82 Å². The highest BCUT2D eigenvalue weighted by Gasteiger charge is 2.16. The fourth-order valence-electron chi connectivity index (χ4n) is 3.53. The second kappa shape index (κ2) is 9.32. The Balaban J connectivity index is 1.79. The van der Waals surface area contributed by atoms with Gasteiger partial charge in [0.05, 0.1) is 6.10 Å². The van der Waals surface area contributed by atoms with Crippen LogP contribution in [0.15, 0.2) is 71.9 Å². The number of hydrogen-bond acceptors (Lipinski definition) is 5. The van der Waals surface area contributed by atoms with E-state index in [1.165, 1.54) is 6.07 Å². The normalized spacial score (nSPS) is 11.0. The van der Waals surface area contributed by atoms with Gasteiger partial charge < -0.3 is 10.1 Å². The fourth-order valence-corrected chi connectivity index (χ4v) is 3.65. The van der Waals surface area contributed by atoms with Gasteiger partial charge in [-0.25, -0.2) is 9.37 Å². The first kappa shape index (κ1) is 21.7. The molecule has 0 atom stereocenters. The second-order valence-electron chi connectivity index (χ2n) is 7.64. The zero-order valence-electron chi connectivity index (χ0n) is 17.6. The van der Waals surface area contributed by atoms with Crippen molar-refractivity contribution in [3.05, 3.63) is 93.6 Å². The number of nitrogens with zero attached hydrogens (tertiary/aromatic N) is 2. The Morgan fingerprint density at radius 3 is 2.44 bits per heavy atom. The maximum Gasteiger partial charge on any atom is 0.206 e. The molecule has 0 saturated heterocycles. The number of anilines is 2. The smallest absolute Gasteiger partial charge is 0.206 e. The zero-order chi connectivity index (χ0) is 22.7. The molecule has 1 aromatic heterocycles. The van der Waals surface area contributed by atoms with Crippen molar-refractivity contribution in [2.24, 2.45) is 5.18 Å². The molecule has 1 N–H and O–H groups in total. The maximum absolute atomic E-state index is 14.5. The Morgan fingerprint density at radius 1 is 1.06 bits per heavy atom. The molecule has 0 aliphatic heterocycles. The number of pyridine rings is 1. The Bertz CT molecular complexity index is 1280. The molecule has 0 saturated carbocycles. The van der Waals surface area contributed by atoms with E-state index in [1.807, 2.05) is 62.4 Å². The van der Waals surface area contributed by atoms with E-state index in [0.717, 1.165) is 16.5 Å². The molecule has 0 amide bonds. The molecule has 162 valence electrons. The highest BCUT2D eigenvalue weighted by atomic mass is 35.5. The highest BCUT2D eigenvalue weighted by molar-refractivity contribution is 6.30. The predicted molar refractivity (Wildman–Crippen MR) is 127 cm³/mol.